The first-order valence-electron chi connectivity index (χ1n) is 7.89. The van der Waals surface area contributed by atoms with Gasteiger partial charge in [-0.15, -0.1) is 12.4 Å². The molecule has 0 aliphatic heterocycles. The Labute approximate surface area is 156 Å². The third kappa shape index (κ3) is 8.15. The maximum absolute atomic E-state index is 12.3. The predicted molar refractivity (Wildman–Crippen MR) is 101 cm³/mol. The number of nitrogens with two attached hydrogens (primary N) is 1. The number of rotatable bonds is 10. The first-order valence-corrected chi connectivity index (χ1v) is 9.38. The van der Waals surface area contributed by atoms with Crippen molar-refractivity contribution in [2.75, 3.05) is 26.8 Å². The van der Waals surface area contributed by atoms with E-state index in [1.165, 1.54) is 19.2 Å². The van der Waals surface area contributed by atoms with Crippen molar-refractivity contribution in [2.45, 2.75) is 31.2 Å². The van der Waals surface area contributed by atoms with Crippen molar-refractivity contribution in [3.63, 3.8) is 0 Å². The smallest absolute Gasteiger partial charge is 0.251 e. The molecule has 1 unspecified atom stereocenters. The highest BCUT2D eigenvalue weighted by Gasteiger charge is 2.18. The van der Waals surface area contributed by atoms with Crippen LogP contribution < -0.4 is 15.8 Å². The topological polar surface area (TPSA) is 111 Å². The van der Waals surface area contributed by atoms with Gasteiger partial charge in [0.15, 0.2) is 0 Å². The van der Waals surface area contributed by atoms with Crippen LogP contribution in [0.1, 0.15) is 30.6 Å². The van der Waals surface area contributed by atoms with E-state index in [4.69, 9.17) is 10.5 Å². The Morgan fingerprint density at radius 3 is 2.56 bits per heavy atom. The van der Waals surface area contributed by atoms with Crippen LogP contribution in [0.15, 0.2) is 29.2 Å². The predicted octanol–water partition coefficient (Wildman–Crippen LogP) is 1.14. The van der Waals surface area contributed by atoms with Gasteiger partial charge in [0.2, 0.25) is 10.0 Å². The van der Waals surface area contributed by atoms with E-state index >= 15 is 0 Å². The summed E-state index contributed by atoms with van der Waals surface area (Å²) in [7, 11) is -2.19. The van der Waals surface area contributed by atoms with Crippen LogP contribution in [0.25, 0.3) is 0 Å². The minimum atomic E-state index is -3.68. The summed E-state index contributed by atoms with van der Waals surface area (Å²) in [5, 5.41) is 2.85. The van der Waals surface area contributed by atoms with E-state index in [0.717, 1.165) is 6.42 Å². The highest BCUT2D eigenvalue weighted by molar-refractivity contribution is 7.89. The number of carbonyl (C=O) groups is 1. The van der Waals surface area contributed by atoms with Crippen LogP contribution in [0.4, 0.5) is 0 Å². The van der Waals surface area contributed by atoms with Gasteiger partial charge in [-0.2, -0.15) is 0 Å². The number of methoxy groups -OCH3 is 1. The summed E-state index contributed by atoms with van der Waals surface area (Å²) in [5.41, 5.74) is 5.97. The van der Waals surface area contributed by atoms with E-state index in [9.17, 15) is 13.2 Å². The van der Waals surface area contributed by atoms with Crippen molar-refractivity contribution in [3.05, 3.63) is 29.8 Å². The average Bonchev–Trinajstić information content (AvgIpc) is 2.54. The van der Waals surface area contributed by atoms with Crippen LogP contribution >= 0.6 is 12.4 Å². The number of amides is 1. The Kier molecular flexibility index (Phi) is 10.9. The summed E-state index contributed by atoms with van der Waals surface area (Å²) < 4.78 is 31.6. The third-order valence-corrected chi connectivity index (χ3v) is 4.84. The molecule has 0 aliphatic carbocycles. The zero-order valence-corrected chi connectivity index (χ0v) is 16.5. The van der Waals surface area contributed by atoms with E-state index in [0.29, 0.717) is 12.5 Å². The molecule has 1 atom stereocenters. The number of carbonyl (C=O) groups excluding carboxylic acids is 1. The number of sulfonamides is 1. The van der Waals surface area contributed by atoms with Crippen molar-refractivity contribution in [1.29, 1.82) is 0 Å². The van der Waals surface area contributed by atoms with Crippen LogP contribution in [-0.2, 0) is 14.8 Å². The average molecular weight is 394 g/mol. The maximum Gasteiger partial charge on any atom is 0.251 e. The molecule has 0 heterocycles. The molecule has 9 heteroatoms. The molecule has 25 heavy (non-hydrogen) atoms. The molecule has 7 nitrogen and oxygen atoms in total. The molecule has 0 saturated carbocycles. The lowest BCUT2D eigenvalue weighted by Crippen LogP contribution is -2.41. The normalized spacial score (nSPS) is 12.5. The second-order valence-corrected chi connectivity index (χ2v) is 7.72. The second-order valence-electron chi connectivity index (χ2n) is 5.95. The van der Waals surface area contributed by atoms with Gasteiger partial charge in [0.05, 0.1) is 11.5 Å². The van der Waals surface area contributed by atoms with E-state index < -0.39 is 10.0 Å². The van der Waals surface area contributed by atoms with Crippen LogP contribution in [-0.4, -0.2) is 47.2 Å². The van der Waals surface area contributed by atoms with E-state index in [1.54, 1.807) is 12.1 Å². The summed E-state index contributed by atoms with van der Waals surface area (Å²) in [6.45, 7) is 4.87. The number of halogens is 1. The SMILES string of the molecule is COCCNS(=O)(=O)c1cccc(C(=O)NC(CN)CC(C)C)c1.Cl. The molecular weight excluding hydrogens is 366 g/mol. The van der Waals surface area contributed by atoms with E-state index in [-0.39, 0.29) is 48.0 Å². The second kappa shape index (κ2) is 11.4. The summed E-state index contributed by atoms with van der Waals surface area (Å²) in [6.07, 6.45) is 0.763. The monoisotopic (exact) mass is 393 g/mol. The quantitative estimate of drug-likeness (QED) is 0.516. The standard InChI is InChI=1S/C16H27N3O4S.ClH/c1-12(2)9-14(11-17)19-16(20)13-5-4-6-15(10-13)24(21,22)18-7-8-23-3;/h4-6,10,12,14,18H,7-9,11,17H2,1-3H3,(H,19,20);1H. The zero-order valence-electron chi connectivity index (χ0n) is 14.8. The van der Waals surface area contributed by atoms with Gasteiger partial charge in [-0.25, -0.2) is 13.1 Å². The molecule has 0 bridgehead atoms. The lowest BCUT2D eigenvalue weighted by molar-refractivity contribution is 0.0933. The van der Waals surface area contributed by atoms with Gasteiger partial charge < -0.3 is 15.8 Å². The van der Waals surface area contributed by atoms with Crippen LogP contribution in [0, 0.1) is 5.92 Å². The lowest BCUT2D eigenvalue weighted by atomic mass is 10.0. The van der Waals surface area contributed by atoms with Gasteiger partial charge >= 0.3 is 0 Å². The fourth-order valence-electron chi connectivity index (χ4n) is 2.22. The highest BCUT2D eigenvalue weighted by atomic mass is 35.5. The Morgan fingerprint density at radius 2 is 2.00 bits per heavy atom. The minimum absolute atomic E-state index is 0. The fraction of sp³-hybridized carbons (Fsp3) is 0.562. The van der Waals surface area contributed by atoms with Crippen molar-refractivity contribution in [2.24, 2.45) is 11.7 Å². The zero-order chi connectivity index (χ0) is 18.2. The first kappa shape index (κ1) is 23.8. The van der Waals surface area contributed by atoms with Crippen molar-refractivity contribution >= 4 is 28.3 Å². The molecule has 144 valence electrons. The first-order chi connectivity index (χ1) is 11.3. The molecule has 1 amide bonds. The highest BCUT2D eigenvalue weighted by Crippen LogP contribution is 2.12. The summed E-state index contributed by atoms with van der Waals surface area (Å²) >= 11 is 0. The number of nitrogens with one attached hydrogen (secondary N) is 2. The van der Waals surface area contributed by atoms with Crippen molar-refractivity contribution in [3.8, 4) is 0 Å². The molecule has 0 radical (unpaired) electrons. The Hall–Kier alpha value is -1.19. The lowest BCUT2D eigenvalue weighted by Gasteiger charge is -2.19. The van der Waals surface area contributed by atoms with Crippen LogP contribution in [0.2, 0.25) is 0 Å². The summed E-state index contributed by atoms with van der Waals surface area (Å²) in [4.78, 5) is 12.4. The van der Waals surface area contributed by atoms with Gasteiger partial charge in [0.25, 0.3) is 5.91 Å². The molecule has 1 aromatic rings. The molecule has 0 aromatic heterocycles. The number of benzene rings is 1. The van der Waals surface area contributed by atoms with Gasteiger partial charge in [-0.3, -0.25) is 4.79 Å². The third-order valence-electron chi connectivity index (χ3n) is 3.38. The molecule has 1 rings (SSSR count). The van der Waals surface area contributed by atoms with Gasteiger partial charge in [-0.1, -0.05) is 19.9 Å². The van der Waals surface area contributed by atoms with Crippen LogP contribution in [0.5, 0.6) is 0 Å². The number of hydrogen-bond donors (Lipinski definition) is 3. The fourth-order valence-corrected chi connectivity index (χ4v) is 3.28. The molecule has 0 spiro atoms. The van der Waals surface area contributed by atoms with Gasteiger partial charge in [0, 0.05) is 31.8 Å². The summed E-state index contributed by atoms with van der Waals surface area (Å²) in [5.74, 6) is 0.0654. The Morgan fingerprint density at radius 1 is 1.32 bits per heavy atom. The van der Waals surface area contributed by atoms with Gasteiger partial charge in [0.1, 0.15) is 0 Å². The Bertz CT molecular complexity index is 638. The number of hydrogen-bond acceptors (Lipinski definition) is 5. The van der Waals surface area contributed by atoms with Crippen LogP contribution in [0.3, 0.4) is 0 Å². The Balaban J connectivity index is 0.00000576. The molecule has 0 saturated heterocycles. The van der Waals surface area contributed by atoms with Gasteiger partial charge in [-0.05, 0) is 30.5 Å². The summed E-state index contributed by atoms with van der Waals surface area (Å²) in [6, 6.07) is 5.78. The maximum atomic E-state index is 12.3. The molecule has 0 fully saturated rings. The van der Waals surface area contributed by atoms with Crippen molar-refractivity contribution in [1.82, 2.24) is 10.0 Å². The minimum Gasteiger partial charge on any atom is -0.383 e. The molecule has 0 aliphatic rings. The number of ether oxygens (including phenoxy) is 1. The molecule has 1 aromatic carbocycles. The van der Waals surface area contributed by atoms with E-state index in [2.05, 4.69) is 10.0 Å². The molecular formula is C16H28ClN3O4S. The largest absolute Gasteiger partial charge is 0.383 e. The molecule has 4 N–H and O–H groups in total. The van der Waals surface area contributed by atoms with E-state index in [1.807, 2.05) is 13.8 Å². The van der Waals surface area contributed by atoms with Crippen molar-refractivity contribution < 1.29 is 17.9 Å².